The van der Waals surface area contributed by atoms with Crippen LogP contribution >= 0.6 is 0 Å². The molecule has 7 nitrogen and oxygen atoms in total. The van der Waals surface area contributed by atoms with Crippen LogP contribution in [0.1, 0.15) is 12.5 Å². The average Bonchev–Trinajstić information content (AvgIpc) is 2.88. The van der Waals surface area contributed by atoms with E-state index in [1.165, 1.54) is 14.2 Å². The Morgan fingerprint density at radius 1 is 0.941 bits per heavy atom. The summed E-state index contributed by atoms with van der Waals surface area (Å²) in [6.07, 6.45) is -0.938. The molecule has 0 fully saturated rings. The van der Waals surface area contributed by atoms with E-state index in [9.17, 15) is 9.59 Å². The molecule has 0 saturated carbocycles. The van der Waals surface area contributed by atoms with E-state index in [1.54, 1.807) is 49.4 Å². The first-order valence-corrected chi connectivity index (χ1v) is 10.8. The summed E-state index contributed by atoms with van der Waals surface area (Å²) in [6.45, 7) is 1.94. The number of methoxy groups -OCH3 is 2. The monoisotopic (exact) mass is 459 g/mol. The third-order valence-electron chi connectivity index (χ3n) is 5.38. The molecule has 0 saturated heterocycles. The zero-order valence-electron chi connectivity index (χ0n) is 19.2. The van der Waals surface area contributed by atoms with Gasteiger partial charge in [-0.15, -0.1) is 0 Å². The molecule has 0 aliphatic heterocycles. The molecule has 4 aromatic rings. The summed E-state index contributed by atoms with van der Waals surface area (Å²) < 4.78 is 22.7. The smallest absolute Gasteiger partial charge is 0.261 e. The molecule has 1 aromatic heterocycles. The minimum atomic E-state index is -0.938. The maximum atomic E-state index is 13.4. The van der Waals surface area contributed by atoms with Crippen molar-refractivity contribution in [2.45, 2.75) is 19.6 Å². The second-order valence-electron chi connectivity index (χ2n) is 7.62. The second kappa shape index (κ2) is 10.1. The van der Waals surface area contributed by atoms with Gasteiger partial charge in [-0.3, -0.25) is 9.59 Å². The van der Waals surface area contributed by atoms with Gasteiger partial charge in [0.15, 0.2) is 23.4 Å². The Hall–Kier alpha value is -4.26. The van der Waals surface area contributed by atoms with Crippen molar-refractivity contribution < 1.29 is 23.4 Å². The van der Waals surface area contributed by atoms with Crippen LogP contribution in [0.3, 0.4) is 0 Å². The van der Waals surface area contributed by atoms with E-state index in [2.05, 4.69) is 5.32 Å². The summed E-state index contributed by atoms with van der Waals surface area (Å²) in [4.78, 5) is 26.1. The molecule has 1 heterocycles. The molecule has 1 atom stereocenters. The van der Waals surface area contributed by atoms with Gasteiger partial charge in [0, 0.05) is 12.1 Å². The summed E-state index contributed by atoms with van der Waals surface area (Å²) in [5, 5.41) is 3.19. The summed E-state index contributed by atoms with van der Waals surface area (Å²) in [5.74, 6) is 0.802. The molecule has 7 heteroatoms. The van der Waals surface area contributed by atoms with E-state index in [1.807, 2.05) is 30.3 Å². The molecule has 1 unspecified atom stereocenters. The zero-order valence-corrected chi connectivity index (χ0v) is 19.2. The normalized spacial score (nSPS) is 11.6. The van der Waals surface area contributed by atoms with Gasteiger partial charge in [-0.05, 0) is 42.8 Å². The number of benzene rings is 3. The Labute approximate surface area is 196 Å². The van der Waals surface area contributed by atoms with E-state index in [0.29, 0.717) is 34.6 Å². The predicted octanol–water partition coefficient (Wildman–Crippen LogP) is 4.56. The van der Waals surface area contributed by atoms with Crippen LogP contribution in [0.5, 0.6) is 17.2 Å². The number of carbonyl (C=O) groups excluding carboxylic acids is 1. The first-order valence-electron chi connectivity index (χ1n) is 10.8. The number of nitrogens with one attached hydrogen (secondary N) is 1. The van der Waals surface area contributed by atoms with E-state index in [-0.39, 0.29) is 22.8 Å². The lowest BCUT2D eigenvalue weighted by molar-refractivity contribution is -0.127. The number of para-hydroxylation sites is 1. The van der Waals surface area contributed by atoms with Crippen LogP contribution in [0, 0.1) is 0 Å². The van der Waals surface area contributed by atoms with E-state index < -0.39 is 6.10 Å². The van der Waals surface area contributed by atoms with Gasteiger partial charge in [0.1, 0.15) is 5.58 Å². The van der Waals surface area contributed by atoms with Crippen molar-refractivity contribution >= 4 is 16.9 Å². The molecule has 34 heavy (non-hydrogen) atoms. The topological polar surface area (TPSA) is 87.0 Å². The summed E-state index contributed by atoms with van der Waals surface area (Å²) >= 11 is 0. The van der Waals surface area contributed by atoms with Gasteiger partial charge in [0.25, 0.3) is 5.91 Å². The van der Waals surface area contributed by atoms with Crippen molar-refractivity contribution in [3.63, 3.8) is 0 Å². The number of hydrogen-bond donors (Lipinski definition) is 1. The molecule has 0 bridgehead atoms. The number of rotatable bonds is 8. The van der Waals surface area contributed by atoms with Gasteiger partial charge in [-0.25, -0.2) is 0 Å². The highest BCUT2D eigenvalue weighted by molar-refractivity contribution is 5.84. The summed E-state index contributed by atoms with van der Waals surface area (Å²) in [7, 11) is 3.06. The van der Waals surface area contributed by atoms with Crippen molar-refractivity contribution in [1.29, 1.82) is 0 Å². The van der Waals surface area contributed by atoms with E-state index in [0.717, 1.165) is 5.56 Å². The lowest BCUT2D eigenvalue weighted by atomic mass is 10.1. The van der Waals surface area contributed by atoms with Crippen LogP contribution in [0.2, 0.25) is 0 Å². The molecular weight excluding hydrogens is 434 g/mol. The highest BCUT2D eigenvalue weighted by atomic mass is 16.5. The maximum Gasteiger partial charge on any atom is 0.261 e. The van der Waals surface area contributed by atoms with E-state index >= 15 is 0 Å². The average molecular weight is 459 g/mol. The van der Waals surface area contributed by atoms with Crippen LogP contribution in [0.25, 0.3) is 22.3 Å². The highest BCUT2D eigenvalue weighted by Crippen LogP contribution is 2.37. The number of fused-ring (bicyclic) bond motifs is 1. The zero-order chi connectivity index (χ0) is 24.1. The van der Waals surface area contributed by atoms with Crippen molar-refractivity contribution in [3.05, 3.63) is 88.6 Å². The molecular formula is C27H25NO6. The Morgan fingerprint density at radius 2 is 1.65 bits per heavy atom. The predicted molar refractivity (Wildman–Crippen MR) is 129 cm³/mol. The molecule has 1 N–H and O–H groups in total. The summed E-state index contributed by atoms with van der Waals surface area (Å²) in [6, 6.07) is 21.6. The van der Waals surface area contributed by atoms with Crippen LogP contribution in [-0.2, 0) is 11.3 Å². The summed E-state index contributed by atoms with van der Waals surface area (Å²) in [5.41, 5.74) is 1.55. The number of ether oxygens (including phenoxy) is 3. The van der Waals surface area contributed by atoms with Crippen LogP contribution in [0.4, 0.5) is 0 Å². The van der Waals surface area contributed by atoms with Crippen molar-refractivity contribution in [3.8, 4) is 28.6 Å². The van der Waals surface area contributed by atoms with Crippen LogP contribution in [-0.4, -0.2) is 26.2 Å². The van der Waals surface area contributed by atoms with Gasteiger partial charge in [0.2, 0.25) is 11.2 Å². The third-order valence-corrected chi connectivity index (χ3v) is 5.38. The molecule has 0 aliphatic carbocycles. The SMILES string of the molecule is COc1ccc(-c2oc3ccccc3c(=O)c2OC(C)C(=O)NCc2ccccc2)cc1OC. The van der Waals surface area contributed by atoms with Crippen molar-refractivity contribution in [2.75, 3.05) is 14.2 Å². The van der Waals surface area contributed by atoms with Crippen LogP contribution in [0.15, 0.2) is 82.0 Å². The molecule has 0 radical (unpaired) electrons. The Bertz CT molecular complexity index is 1360. The molecule has 1 amide bonds. The second-order valence-corrected chi connectivity index (χ2v) is 7.62. The Balaban J connectivity index is 1.70. The molecule has 4 rings (SSSR count). The minimum absolute atomic E-state index is 0.0479. The standard InChI is InChI=1S/C27H25NO6/c1-17(27(30)28-16-18-9-5-4-6-10-18)33-26-24(29)20-11-7-8-12-21(20)34-25(26)19-13-14-22(31-2)23(15-19)32-3/h4-15,17H,16H2,1-3H3,(H,28,30). The molecule has 3 aromatic carbocycles. The fourth-order valence-electron chi connectivity index (χ4n) is 3.56. The number of carbonyl (C=O) groups is 1. The minimum Gasteiger partial charge on any atom is -0.493 e. The Kier molecular flexibility index (Phi) is 6.82. The van der Waals surface area contributed by atoms with Gasteiger partial charge in [-0.2, -0.15) is 0 Å². The molecule has 0 spiro atoms. The maximum absolute atomic E-state index is 13.4. The van der Waals surface area contributed by atoms with Gasteiger partial charge in [-0.1, -0.05) is 42.5 Å². The van der Waals surface area contributed by atoms with Crippen molar-refractivity contribution in [1.82, 2.24) is 5.32 Å². The van der Waals surface area contributed by atoms with Gasteiger partial charge in [0.05, 0.1) is 19.6 Å². The van der Waals surface area contributed by atoms with Crippen LogP contribution < -0.4 is 25.0 Å². The van der Waals surface area contributed by atoms with Crippen molar-refractivity contribution in [2.24, 2.45) is 0 Å². The van der Waals surface area contributed by atoms with E-state index in [4.69, 9.17) is 18.6 Å². The van der Waals surface area contributed by atoms with Gasteiger partial charge < -0.3 is 23.9 Å². The van der Waals surface area contributed by atoms with Gasteiger partial charge >= 0.3 is 0 Å². The lowest BCUT2D eigenvalue weighted by Crippen LogP contribution is -2.36. The largest absolute Gasteiger partial charge is 0.493 e. The first-order chi connectivity index (χ1) is 16.5. The first kappa shape index (κ1) is 22.9. The molecule has 174 valence electrons. The third kappa shape index (κ3) is 4.73. The quantitative estimate of drug-likeness (QED) is 0.416. The Morgan fingerprint density at radius 3 is 2.38 bits per heavy atom. The highest BCUT2D eigenvalue weighted by Gasteiger charge is 2.23. The molecule has 0 aliphatic rings. The fourth-order valence-corrected chi connectivity index (χ4v) is 3.56. The fraction of sp³-hybridized carbons (Fsp3) is 0.185. The lowest BCUT2D eigenvalue weighted by Gasteiger charge is -2.17. The number of amides is 1. The number of hydrogen-bond acceptors (Lipinski definition) is 6.